The number of rotatable bonds is 6. The van der Waals surface area contributed by atoms with Gasteiger partial charge in [-0.05, 0) is 36.2 Å². The summed E-state index contributed by atoms with van der Waals surface area (Å²) >= 11 is 0. The van der Waals surface area contributed by atoms with E-state index < -0.39 is 29.4 Å². The van der Waals surface area contributed by atoms with Crippen molar-refractivity contribution in [2.24, 2.45) is 5.92 Å². The number of nitrogens with one attached hydrogen (secondary N) is 2. The Hall–Kier alpha value is -3.29. The maximum Gasteiger partial charge on any atom is 0.243 e. The number of hydrogen-bond acceptors (Lipinski definition) is 3. The molecule has 8 heteroatoms. The van der Waals surface area contributed by atoms with E-state index >= 15 is 0 Å². The molecule has 2 aromatic carbocycles. The van der Waals surface area contributed by atoms with Crippen LogP contribution in [0.1, 0.15) is 18.9 Å². The highest BCUT2D eigenvalue weighted by Gasteiger charge is 2.35. The van der Waals surface area contributed by atoms with Gasteiger partial charge in [0.1, 0.15) is 0 Å². The molecule has 0 spiro atoms. The van der Waals surface area contributed by atoms with Gasteiger partial charge in [0.25, 0.3) is 0 Å². The summed E-state index contributed by atoms with van der Waals surface area (Å²) in [5.41, 5.74) is 1.97. The molecule has 1 atom stereocenters. The van der Waals surface area contributed by atoms with Crippen LogP contribution in [0.3, 0.4) is 0 Å². The van der Waals surface area contributed by atoms with E-state index in [-0.39, 0.29) is 31.1 Å². The van der Waals surface area contributed by atoms with Crippen molar-refractivity contribution in [3.63, 3.8) is 0 Å². The van der Waals surface area contributed by atoms with Crippen molar-refractivity contribution < 1.29 is 23.2 Å². The van der Waals surface area contributed by atoms with Gasteiger partial charge in [-0.15, -0.1) is 0 Å². The average Bonchev–Trinajstić information content (AvgIpc) is 3.11. The second kappa shape index (κ2) is 8.81. The van der Waals surface area contributed by atoms with Crippen LogP contribution >= 0.6 is 0 Å². The van der Waals surface area contributed by atoms with Crippen LogP contribution in [0.15, 0.2) is 42.5 Å². The summed E-state index contributed by atoms with van der Waals surface area (Å²) in [5, 5.41) is 4.86. The number of carbonyl (C=O) groups excluding carboxylic acids is 3. The van der Waals surface area contributed by atoms with E-state index in [0.717, 1.165) is 29.8 Å². The van der Waals surface area contributed by atoms with E-state index in [4.69, 9.17) is 0 Å². The second-order valence-electron chi connectivity index (χ2n) is 6.82. The van der Waals surface area contributed by atoms with E-state index in [2.05, 4.69) is 10.6 Å². The Morgan fingerprint density at radius 2 is 1.83 bits per heavy atom. The highest BCUT2D eigenvalue weighted by atomic mass is 19.2. The zero-order valence-corrected chi connectivity index (χ0v) is 15.9. The van der Waals surface area contributed by atoms with E-state index in [1.165, 1.54) is 6.07 Å². The lowest BCUT2D eigenvalue weighted by molar-refractivity contribution is -0.127. The van der Waals surface area contributed by atoms with Crippen LogP contribution in [-0.4, -0.2) is 30.8 Å². The van der Waals surface area contributed by atoms with E-state index in [1.54, 1.807) is 4.90 Å². The van der Waals surface area contributed by atoms with Crippen molar-refractivity contribution in [2.75, 3.05) is 23.3 Å². The Morgan fingerprint density at radius 1 is 1.10 bits per heavy atom. The molecule has 29 heavy (non-hydrogen) atoms. The summed E-state index contributed by atoms with van der Waals surface area (Å²) in [6, 6.07) is 10.6. The monoisotopic (exact) mass is 401 g/mol. The lowest BCUT2D eigenvalue weighted by Gasteiger charge is -2.17. The predicted octanol–water partition coefficient (Wildman–Crippen LogP) is 2.64. The topological polar surface area (TPSA) is 78.5 Å². The van der Waals surface area contributed by atoms with Gasteiger partial charge in [-0.25, -0.2) is 8.78 Å². The van der Waals surface area contributed by atoms with Crippen LogP contribution in [-0.2, 0) is 20.8 Å². The molecular formula is C21H21F2N3O3. The lowest BCUT2D eigenvalue weighted by Crippen LogP contribution is -2.37. The maximum absolute atomic E-state index is 13.2. The fourth-order valence-electron chi connectivity index (χ4n) is 3.14. The molecule has 1 fully saturated rings. The molecule has 152 valence electrons. The molecule has 6 nitrogen and oxygen atoms in total. The van der Waals surface area contributed by atoms with Gasteiger partial charge in [-0.3, -0.25) is 14.4 Å². The predicted molar refractivity (Wildman–Crippen MR) is 104 cm³/mol. The number of halogens is 2. The molecule has 0 unspecified atom stereocenters. The van der Waals surface area contributed by atoms with Gasteiger partial charge >= 0.3 is 0 Å². The summed E-state index contributed by atoms with van der Waals surface area (Å²) < 4.78 is 26.1. The molecule has 0 saturated carbocycles. The minimum Gasteiger partial charge on any atom is -0.347 e. The number of anilines is 2. The SMILES string of the molecule is CCc1ccc(N2C[C@@H](C(=O)NCC(=O)Nc3ccc(F)c(F)c3)CC2=O)cc1. The van der Waals surface area contributed by atoms with Gasteiger partial charge in [0.15, 0.2) is 11.6 Å². The van der Waals surface area contributed by atoms with Crippen LogP contribution in [0.5, 0.6) is 0 Å². The molecule has 0 bridgehead atoms. The lowest BCUT2D eigenvalue weighted by atomic mass is 10.1. The zero-order chi connectivity index (χ0) is 21.0. The van der Waals surface area contributed by atoms with Gasteiger partial charge in [0, 0.05) is 30.4 Å². The Balaban J connectivity index is 1.52. The number of amides is 3. The molecule has 0 radical (unpaired) electrons. The summed E-state index contributed by atoms with van der Waals surface area (Å²) in [6.45, 7) is 1.94. The highest BCUT2D eigenvalue weighted by molar-refractivity contribution is 6.01. The summed E-state index contributed by atoms with van der Waals surface area (Å²) in [7, 11) is 0. The van der Waals surface area contributed by atoms with Crippen LogP contribution in [0.4, 0.5) is 20.2 Å². The molecule has 0 aromatic heterocycles. The molecule has 1 aliphatic rings. The van der Waals surface area contributed by atoms with Crippen LogP contribution in [0.25, 0.3) is 0 Å². The minimum absolute atomic E-state index is 0.0617. The molecule has 1 saturated heterocycles. The third-order valence-corrected chi connectivity index (χ3v) is 4.78. The van der Waals surface area contributed by atoms with Crippen molar-refractivity contribution in [3.05, 3.63) is 59.7 Å². The summed E-state index contributed by atoms with van der Waals surface area (Å²) in [4.78, 5) is 38.1. The Kier molecular flexibility index (Phi) is 6.21. The quantitative estimate of drug-likeness (QED) is 0.781. The number of nitrogens with zero attached hydrogens (tertiary/aromatic N) is 1. The largest absolute Gasteiger partial charge is 0.347 e. The summed E-state index contributed by atoms with van der Waals surface area (Å²) in [5.74, 6) is -3.81. The first-order chi connectivity index (χ1) is 13.9. The van der Waals surface area contributed by atoms with Crippen molar-refractivity contribution in [1.29, 1.82) is 0 Å². The first-order valence-corrected chi connectivity index (χ1v) is 9.29. The average molecular weight is 401 g/mol. The first-order valence-electron chi connectivity index (χ1n) is 9.29. The van der Waals surface area contributed by atoms with Crippen molar-refractivity contribution >= 4 is 29.1 Å². The number of carbonyl (C=O) groups is 3. The number of aryl methyl sites for hydroxylation is 1. The van der Waals surface area contributed by atoms with Gasteiger partial charge in [0.05, 0.1) is 12.5 Å². The molecule has 3 amide bonds. The molecule has 1 heterocycles. The van der Waals surface area contributed by atoms with Crippen LogP contribution < -0.4 is 15.5 Å². The van der Waals surface area contributed by atoms with Gasteiger partial charge < -0.3 is 15.5 Å². The molecular weight excluding hydrogens is 380 g/mol. The third-order valence-electron chi connectivity index (χ3n) is 4.78. The van der Waals surface area contributed by atoms with Crippen molar-refractivity contribution in [1.82, 2.24) is 5.32 Å². The van der Waals surface area contributed by atoms with E-state index in [0.29, 0.717) is 0 Å². The molecule has 0 aliphatic carbocycles. The molecule has 3 rings (SSSR count). The molecule has 2 aromatic rings. The van der Waals surface area contributed by atoms with E-state index in [1.807, 2.05) is 31.2 Å². The Morgan fingerprint density at radius 3 is 2.48 bits per heavy atom. The number of hydrogen-bond donors (Lipinski definition) is 2. The number of benzene rings is 2. The van der Waals surface area contributed by atoms with E-state index in [9.17, 15) is 23.2 Å². The third kappa shape index (κ3) is 4.96. The minimum atomic E-state index is -1.08. The fraction of sp³-hybridized carbons (Fsp3) is 0.286. The summed E-state index contributed by atoms with van der Waals surface area (Å²) in [6.07, 6.45) is 0.956. The Labute approximate surface area is 166 Å². The van der Waals surface area contributed by atoms with Gasteiger partial charge in [0.2, 0.25) is 17.7 Å². The smallest absolute Gasteiger partial charge is 0.243 e. The van der Waals surface area contributed by atoms with Gasteiger partial charge in [-0.2, -0.15) is 0 Å². The van der Waals surface area contributed by atoms with Crippen LogP contribution in [0.2, 0.25) is 0 Å². The first kappa shape index (κ1) is 20.4. The standard InChI is InChI=1S/C21H21F2N3O3/c1-2-13-3-6-16(7-4-13)26-12-14(9-20(26)28)21(29)24-11-19(27)25-15-5-8-17(22)18(23)10-15/h3-8,10,14H,2,9,11-12H2,1H3,(H,24,29)(H,25,27)/t14-/m0/s1. The van der Waals surface area contributed by atoms with Crippen LogP contribution in [0, 0.1) is 17.6 Å². The maximum atomic E-state index is 13.2. The normalized spacial score (nSPS) is 16.0. The van der Waals surface area contributed by atoms with Crippen molar-refractivity contribution in [3.8, 4) is 0 Å². The fourth-order valence-corrected chi connectivity index (χ4v) is 3.14. The van der Waals surface area contributed by atoms with Gasteiger partial charge in [-0.1, -0.05) is 19.1 Å². The molecule has 2 N–H and O–H groups in total. The highest BCUT2D eigenvalue weighted by Crippen LogP contribution is 2.25. The second-order valence-corrected chi connectivity index (χ2v) is 6.82. The molecule has 1 aliphatic heterocycles. The Bertz CT molecular complexity index is 931. The van der Waals surface area contributed by atoms with Crippen molar-refractivity contribution in [2.45, 2.75) is 19.8 Å². The zero-order valence-electron chi connectivity index (χ0n) is 15.9.